The molecule has 0 radical (unpaired) electrons. The van der Waals surface area contributed by atoms with E-state index in [9.17, 15) is 9.18 Å². The number of rotatable bonds is 4. The van der Waals surface area contributed by atoms with Crippen molar-refractivity contribution in [3.05, 3.63) is 41.0 Å². The number of carbonyl (C=O) groups excluding carboxylic acids is 1. The Balaban J connectivity index is 2.14. The highest BCUT2D eigenvalue weighted by molar-refractivity contribution is 5.96. The molecule has 0 aliphatic heterocycles. The zero-order chi connectivity index (χ0) is 15.1. The molecule has 0 fully saturated rings. The van der Waals surface area contributed by atoms with Crippen LogP contribution in [0, 0.1) is 17.7 Å². The average Bonchev–Trinajstić information content (AvgIpc) is 2.98. The van der Waals surface area contributed by atoms with Gasteiger partial charge in [0.15, 0.2) is 5.82 Å². The highest BCUT2D eigenvalue weighted by atomic mass is 19.1. The summed E-state index contributed by atoms with van der Waals surface area (Å²) in [6.45, 7) is -0.00209. The van der Waals surface area contributed by atoms with Crippen LogP contribution in [0.5, 0.6) is 0 Å². The van der Waals surface area contributed by atoms with Crippen molar-refractivity contribution in [3.8, 4) is 11.8 Å². The SMILES string of the molecule is O=C(NCc1nn[nH]n1)c1ccc(F)cc1C#CCCO. The molecule has 0 bridgehead atoms. The van der Waals surface area contributed by atoms with E-state index in [0.29, 0.717) is 5.82 Å². The summed E-state index contributed by atoms with van der Waals surface area (Å²) in [4.78, 5) is 12.1. The van der Waals surface area contributed by atoms with E-state index in [2.05, 4.69) is 37.8 Å². The lowest BCUT2D eigenvalue weighted by Gasteiger charge is -2.05. The number of hydrogen-bond donors (Lipinski definition) is 3. The summed E-state index contributed by atoms with van der Waals surface area (Å²) >= 11 is 0. The summed E-state index contributed by atoms with van der Waals surface area (Å²) in [5.74, 6) is 4.75. The zero-order valence-corrected chi connectivity index (χ0v) is 10.9. The van der Waals surface area contributed by atoms with Gasteiger partial charge >= 0.3 is 0 Å². The predicted octanol–water partition coefficient (Wildman–Crippen LogP) is 0.00270. The Hall–Kier alpha value is -2.79. The number of carbonyl (C=O) groups is 1. The summed E-state index contributed by atoms with van der Waals surface area (Å²) in [6.07, 6.45) is 0.250. The largest absolute Gasteiger partial charge is 0.395 e. The number of hydrogen-bond acceptors (Lipinski definition) is 5. The molecular formula is C13H12FN5O2. The number of amides is 1. The molecule has 7 nitrogen and oxygen atoms in total. The van der Waals surface area contributed by atoms with E-state index >= 15 is 0 Å². The van der Waals surface area contributed by atoms with Gasteiger partial charge in [-0.25, -0.2) is 4.39 Å². The van der Waals surface area contributed by atoms with Gasteiger partial charge in [0, 0.05) is 12.0 Å². The summed E-state index contributed by atoms with van der Waals surface area (Å²) in [7, 11) is 0. The first kappa shape index (κ1) is 14.6. The number of H-pyrrole nitrogens is 1. The molecule has 3 N–H and O–H groups in total. The maximum absolute atomic E-state index is 13.2. The number of aliphatic hydroxyl groups is 1. The maximum atomic E-state index is 13.2. The Morgan fingerprint density at radius 3 is 3.05 bits per heavy atom. The van der Waals surface area contributed by atoms with Crippen LogP contribution in [-0.2, 0) is 6.54 Å². The Kier molecular flexibility index (Phi) is 4.95. The van der Waals surface area contributed by atoms with Gasteiger partial charge in [-0.1, -0.05) is 17.1 Å². The lowest BCUT2D eigenvalue weighted by molar-refractivity contribution is 0.0949. The summed E-state index contributed by atoms with van der Waals surface area (Å²) < 4.78 is 13.2. The molecule has 21 heavy (non-hydrogen) atoms. The molecular weight excluding hydrogens is 277 g/mol. The molecule has 1 heterocycles. The van der Waals surface area contributed by atoms with E-state index in [4.69, 9.17) is 5.11 Å². The second-order valence-corrected chi connectivity index (χ2v) is 3.98. The van der Waals surface area contributed by atoms with E-state index in [-0.39, 0.29) is 30.7 Å². The second-order valence-electron chi connectivity index (χ2n) is 3.98. The third-order valence-corrected chi connectivity index (χ3v) is 2.48. The first-order chi connectivity index (χ1) is 10.2. The lowest BCUT2D eigenvalue weighted by Crippen LogP contribution is -2.24. The van der Waals surface area contributed by atoms with Crippen LogP contribution in [0.15, 0.2) is 18.2 Å². The first-order valence-corrected chi connectivity index (χ1v) is 6.10. The van der Waals surface area contributed by atoms with Crippen molar-refractivity contribution in [1.29, 1.82) is 0 Å². The van der Waals surface area contributed by atoms with Gasteiger partial charge in [0.25, 0.3) is 5.91 Å². The third kappa shape index (κ3) is 4.09. The van der Waals surface area contributed by atoms with Crippen molar-refractivity contribution < 1.29 is 14.3 Å². The Labute approximate surface area is 119 Å². The van der Waals surface area contributed by atoms with Gasteiger partial charge in [-0.15, -0.1) is 10.2 Å². The van der Waals surface area contributed by atoms with Gasteiger partial charge in [-0.3, -0.25) is 4.79 Å². The molecule has 2 aromatic rings. The highest BCUT2D eigenvalue weighted by Gasteiger charge is 2.11. The van der Waals surface area contributed by atoms with Gasteiger partial charge in [0.05, 0.1) is 18.7 Å². The smallest absolute Gasteiger partial charge is 0.252 e. The summed E-state index contributed by atoms with van der Waals surface area (Å²) in [5, 5.41) is 24.3. The molecule has 2 rings (SSSR count). The summed E-state index contributed by atoms with van der Waals surface area (Å²) in [6, 6.07) is 3.71. The quantitative estimate of drug-likeness (QED) is 0.687. The highest BCUT2D eigenvalue weighted by Crippen LogP contribution is 2.10. The number of aromatic amines is 1. The number of nitrogens with zero attached hydrogens (tertiary/aromatic N) is 3. The molecule has 0 aliphatic carbocycles. The lowest BCUT2D eigenvalue weighted by atomic mass is 10.1. The van der Waals surface area contributed by atoms with Crippen molar-refractivity contribution in [3.63, 3.8) is 0 Å². The van der Waals surface area contributed by atoms with Gasteiger partial charge in [0.1, 0.15) is 5.82 Å². The van der Waals surface area contributed by atoms with Crippen LogP contribution in [0.25, 0.3) is 0 Å². The predicted molar refractivity (Wildman–Crippen MR) is 70.3 cm³/mol. The fraction of sp³-hybridized carbons (Fsp3) is 0.231. The molecule has 1 aromatic heterocycles. The third-order valence-electron chi connectivity index (χ3n) is 2.48. The van der Waals surface area contributed by atoms with E-state index in [1.165, 1.54) is 18.2 Å². The van der Waals surface area contributed by atoms with Crippen LogP contribution < -0.4 is 5.32 Å². The molecule has 0 atom stereocenters. The minimum Gasteiger partial charge on any atom is -0.395 e. The molecule has 0 unspecified atom stereocenters. The Bertz CT molecular complexity index is 676. The fourth-order valence-corrected chi connectivity index (χ4v) is 1.54. The maximum Gasteiger partial charge on any atom is 0.252 e. The molecule has 108 valence electrons. The minimum atomic E-state index is -0.488. The number of tetrazole rings is 1. The van der Waals surface area contributed by atoms with E-state index < -0.39 is 11.7 Å². The van der Waals surface area contributed by atoms with Crippen molar-refractivity contribution in [2.45, 2.75) is 13.0 Å². The Morgan fingerprint density at radius 1 is 1.48 bits per heavy atom. The number of benzene rings is 1. The van der Waals surface area contributed by atoms with Crippen LogP contribution in [0.3, 0.4) is 0 Å². The topological polar surface area (TPSA) is 104 Å². The second kappa shape index (κ2) is 7.12. The summed E-state index contributed by atoms with van der Waals surface area (Å²) in [5.41, 5.74) is 0.499. The van der Waals surface area contributed by atoms with Crippen LogP contribution in [-0.4, -0.2) is 38.2 Å². The van der Waals surface area contributed by atoms with Crippen LogP contribution in [0.4, 0.5) is 4.39 Å². The van der Waals surface area contributed by atoms with Gasteiger partial charge in [-0.2, -0.15) is 5.21 Å². The van der Waals surface area contributed by atoms with E-state index in [0.717, 1.165) is 0 Å². The van der Waals surface area contributed by atoms with Crippen LogP contribution in [0.2, 0.25) is 0 Å². The van der Waals surface area contributed by atoms with Crippen molar-refractivity contribution in [2.75, 3.05) is 6.61 Å². The molecule has 1 amide bonds. The standard InChI is InChI=1S/C13H12FN5O2/c14-10-4-5-11(9(7-10)3-1-2-6-20)13(21)15-8-12-16-18-19-17-12/h4-5,7,20H,2,6,8H2,(H,15,21)(H,16,17,18,19). The van der Waals surface area contributed by atoms with E-state index in [1.807, 2.05) is 0 Å². The minimum absolute atomic E-state index is 0.0935. The number of aromatic nitrogens is 4. The molecule has 0 aliphatic rings. The Morgan fingerprint density at radius 2 is 2.33 bits per heavy atom. The number of halogens is 1. The fourth-order valence-electron chi connectivity index (χ4n) is 1.54. The zero-order valence-electron chi connectivity index (χ0n) is 10.9. The number of aliphatic hydroxyl groups excluding tert-OH is 1. The van der Waals surface area contributed by atoms with Crippen molar-refractivity contribution in [2.24, 2.45) is 0 Å². The van der Waals surface area contributed by atoms with Crippen LogP contribution >= 0.6 is 0 Å². The first-order valence-electron chi connectivity index (χ1n) is 6.10. The van der Waals surface area contributed by atoms with E-state index in [1.54, 1.807) is 0 Å². The van der Waals surface area contributed by atoms with Crippen LogP contribution in [0.1, 0.15) is 28.2 Å². The molecule has 8 heteroatoms. The van der Waals surface area contributed by atoms with Crippen molar-refractivity contribution in [1.82, 2.24) is 25.9 Å². The average molecular weight is 289 g/mol. The molecule has 1 aromatic carbocycles. The van der Waals surface area contributed by atoms with Crippen molar-refractivity contribution >= 4 is 5.91 Å². The van der Waals surface area contributed by atoms with Gasteiger partial charge < -0.3 is 10.4 Å². The van der Waals surface area contributed by atoms with Gasteiger partial charge in [-0.05, 0) is 18.2 Å². The van der Waals surface area contributed by atoms with Gasteiger partial charge in [0.2, 0.25) is 0 Å². The monoisotopic (exact) mass is 289 g/mol. The molecule has 0 saturated heterocycles. The molecule has 0 spiro atoms. The normalized spacial score (nSPS) is 9.81. The molecule has 0 saturated carbocycles. The number of nitrogens with one attached hydrogen (secondary N) is 2.